The van der Waals surface area contributed by atoms with Gasteiger partial charge in [-0.1, -0.05) is 24.3 Å². The molecule has 0 amide bonds. The number of phenols is 2. The lowest BCUT2D eigenvalue weighted by atomic mass is 10.1. The Morgan fingerprint density at radius 2 is 1.18 bits per heavy atom. The first-order valence-electron chi connectivity index (χ1n) is 6.56. The number of methoxy groups -OCH3 is 1. The Morgan fingerprint density at radius 1 is 0.727 bits per heavy atom. The summed E-state index contributed by atoms with van der Waals surface area (Å²) in [6.07, 6.45) is 0. The average Bonchev–Trinajstić information content (AvgIpc) is 2.55. The second-order valence-corrected chi connectivity index (χ2v) is 4.50. The van der Waals surface area contributed by atoms with Crippen molar-refractivity contribution in [3.05, 3.63) is 48.5 Å². The lowest BCUT2D eigenvalue weighted by molar-refractivity contribution is 0.379. The van der Waals surface area contributed by atoms with Gasteiger partial charge in [-0.25, -0.2) is 4.98 Å². The molecular formula is C16H13N3O3. The van der Waals surface area contributed by atoms with Crippen molar-refractivity contribution in [3.8, 4) is 40.3 Å². The molecule has 110 valence electrons. The molecule has 1 aromatic heterocycles. The molecule has 0 saturated carbocycles. The Hall–Kier alpha value is -3.15. The third-order valence-corrected chi connectivity index (χ3v) is 3.09. The summed E-state index contributed by atoms with van der Waals surface area (Å²) in [6.45, 7) is 0. The van der Waals surface area contributed by atoms with Crippen molar-refractivity contribution in [2.45, 2.75) is 0 Å². The summed E-state index contributed by atoms with van der Waals surface area (Å²) < 4.78 is 5.09. The summed E-state index contributed by atoms with van der Waals surface area (Å²) in [5, 5.41) is 19.9. The van der Waals surface area contributed by atoms with Crippen molar-refractivity contribution >= 4 is 0 Å². The molecule has 0 fully saturated rings. The van der Waals surface area contributed by atoms with E-state index in [1.807, 2.05) is 0 Å². The molecule has 0 radical (unpaired) electrons. The lowest BCUT2D eigenvalue weighted by Crippen LogP contribution is -2.00. The zero-order valence-corrected chi connectivity index (χ0v) is 11.8. The van der Waals surface area contributed by atoms with Crippen molar-refractivity contribution in [1.29, 1.82) is 0 Å². The van der Waals surface area contributed by atoms with Crippen LogP contribution in [-0.2, 0) is 0 Å². The Labute approximate surface area is 126 Å². The standard InChI is InChI=1S/C16H13N3O3/c1-22-16-18-14(10-6-2-4-8-12(10)20)17-15(19-16)11-7-3-5-9-13(11)21/h2-9,20-21H,1H3. The van der Waals surface area contributed by atoms with E-state index in [1.54, 1.807) is 48.5 Å². The zero-order valence-electron chi connectivity index (χ0n) is 11.8. The van der Waals surface area contributed by atoms with Gasteiger partial charge in [0, 0.05) is 0 Å². The Morgan fingerprint density at radius 3 is 1.59 bits per heavy atom. The summed E-state index contributed by atoms with van der Waals surface area (Å²) in [4.78, 5) is 12.6. The quantitative estimate of drug-likeness (QED) is 0.772. The predicted octanol–water partition coefficient (Wildman–Crippen LogP) is 2.63. The fraction of sp³-hybridized carbons (Fsp3) is 0.0625. The molecule has 22 heavy (non-hydrogen) atoms. The van der Waals surface area contributed by atoms with Gasteiger partial charge in [-0.05, 0) is 24.3 Å². The monoisotopic (exact) mass is 295 g/mol. The molecule has 0 aliphatic heterocycles. The van der Waals surface area contributed by atoms with Crippen LogP contribution in [0.15, 0.2) is 48.5 Å². The fourth-order valence-corrected chi connectivity index (χ4v) is 2.01. The van der Waals surface area contributed by atoms with Crippen molar-refractivity contribution in [2.75, 3.05) is 7.11 Å². The lowest BCUT2D eigenvalue weighted by Gasteiger charge is -2.08. The molecule has 2 N–H and O–H groups in total. The molecule has 6 nitrogen and oxygen atoms in total. The minimum absolute atomic E-state index is 0.0546. The third kappa shape index (κ3) is 2.54. The van der Waals surface area contributed by atoms with Crippen LogP contribution in [0.25, 0.3) is 22.8 Å². The highest BCUT2D eigenvalue weighted by molar-refractivity contribution is 5.68. The van der Waals surface area contributed by atoms with Crippen molar-refractivity contribution in [3.63, 3.8) is 0 Å². The van der Waals surface area contributed by atoms with Gasteiger partial charge in [-0.3, -0.25) is 0 Å². The van der Waals surface area contributed by atoms with Gasteiger partial charge < -0.3 is 14.9 Å². The van der Waals surface area contributed by atoms with Crippen LogP contribution in [-0.4, -0.2) is 32.3 Å². The number of nitrogens with zero attached hydrogens (tertiary/aromatic N) is 3. The topological polar surface area (TPSA) is 88.4 Å². The normalized spacial score (nSPS) is 10.4. The fourth-order valence-electron chi connectivity index (χ4n) is 2.01. The molecule has 0 bridgehead atoms. The van der Waals surface area contributed by atoms with E-state index >= 15 is 0 Å². The highest BCUT2D eigenvalue weighted by atomic mass is 16.5. The highest BCUT2D eigenvalue weighted by Crippen LogP contribution is 2.31. The second-order valence-electron chi connectivity index (χ2n) is 4.50. The molecule has 3 aromatic rings. The molecule has 0 aliphatic carbocycles. The van der Waals surface area contributed by atoms with Gasteiger partial charge in [0.2, 0.25) is 0 Å². The number of aromatic nitrogens is 3. The number of benzene rings is 2. The molecule has 0 aliphatic rings. The SMILES string of the molecule is COc1nc(-c2ccccc2O)nc(-c2ccccc2O)n1. The van der Waals surface area contributed by atoms with Gasteiger partial charge in [0.1, 0.15) is 11.5 Å². The molecule has 2 aromatic carbocycles. The number of hydrogen-bond donors (Lipinski definition) is 2. The minimum Gasteiger partial charge on any atom is -0.507 e. The molecule has 3 rings (SSSR count). The molecule has 0 unspecified atom stereocenters. The van der Waals surface area contributed by atoms with E-state index in [1.165, 1.54) is 7.11 Å². The van der Waals surface area contributed by atoms with Crippen LogP contribution in [0.4, 0.5) is 0 Å². The average molecular weight is 295 g/mol. The van der Waals surface area contributed by atoms with Crippen molar-refractivity contribution < 1.29 is 14.9 Å². The van der Waals surface area contributed by atoms with Gasteiger partial charge in [0.25, 0.3) is 0 Å². The summed E-state index contributed by atoms with van der Waals surface area (Å²) in [5.41, 5.74) is 0.916. The van der Waals surface area contributed by atoms with E-state index in [0.29, 0.717) is 11.1 Å². The largest absolute Gasteiger partial charge is 0.507 e. The van der Waals surface area contributed by atoms with Crippen LogP contribution in [0.1, 0.15) is 0 Å². The zero-order chi connectivity index (χ0) is 15.5. The summed E-state index contributed by atoms with van der Waals surface area (Å²) in [5.74, 6) is 0.643. The number of para-hydroxylation sites is 2. The molecular weight excluding hydrogens is 282 g/mol. The van der Waals surface area contributed by atoms with Gasteiger partial charge in [-0.2, -0.15) is 9.97 Å². The molecule has 6 heteroatoms. The maximum atomic E-state index is 9.95. The van der Waals surface area contributed by atoms with Crippen LogP contribution < -0.4 is 4.74 Å². The first kappa shape index (κ1) is 13.8. The first-order chi connectivity index (χ1) is 10.7. The van der Waals surface area contributed by atoms with E-state index in [4.69, 9.17) is 4.74 Å². The minimum atomic E-state index is 0.0546. The van der Waals surface area contributed by atoms with Crippen LogP contribution in [0.5, 0.6) is 17.5 Å². The number of rotatable bonds is 3. The second kappa shape index (κ2) is 5.69. The van der Waals surface area contributed by atoms with E-state index in [0.717, 1.165) is 0 Å². The van der Waals surface area contributed by atoms with E-state index < -0.39 is 0 Å². The van der Waals surface area contributed by atoms with Gasteiger partial charge in [0.05, 0.1) is 18.2 Å². The third-order valence-electron chi connectivity index (χ3n) is 3.09. The van der Waals surface area contributed by atoms with E-state index in [2.05, 4.69) is 15.0 Å². The predicted molar refractivity (Wildman–Crippen MR) is 80.6 cm³/mol. The summed E-state index contributed by atoms with van der Waals surface area (Å²) in [6, 6.07) is 13.5. The van der Waals surface area contributed by atoms with Gasteiger partial charge in [0.15, 0.2) is 11.6 Å². The smallest absolute Gasteiger partial charge is 0.320 e. The number of phenolic OH excluding ortho intramolecular Hbond substituents is 2. The van der Waals surface area contributed by atoms with E-state index in [9.17, 15) is 10.2 Å². The molecule has 0 atom stereocenters. The van der Waals surface area contributed by atoms with Crippen LogP contribution in [0, 0.1) is 0 Å². The number of hydrogen-bond acceptors (Lipinski definition) is 6. The first-order valence-corrected chi connectivity index (χ1v) is 6.56. The van der Waals surface area contributed by atoms with Gasteiger partial charge in [-0.15, -0.1) is 0 Å². The number of ether oxygens (including phenoxy) is 1. The Bertz CT molecular complexity index is 757. The van der Waals surface area contributed by atoms with Crippen LogP contribution >= 0.6 is 0 Å². The number of aromatic hydroxyl groups is 2. The van der Waals surface area contributed by atoms with Gasteiger partial charge >= 0.3 is 6.01 Å². The summed E-state index contributed by atoms with van der Waals surface area (Å²) >= 11 is 0. The van der Waals surface area contributed by atoms with Crippen molar-refractivity contribution in [2.24, 2.45) is 0 Å². The maximum Gasteiger partial charge on any atom is 0.320 e. The van der Waals surface area contributed by atoms with E-state index in [-0.39, 0.29) is 29.2 Å². The Balaban J connectivity index is 2.20. The van der Waals surface area contributed by atoms with Crippen LogP contribution in [0.3, 0.4) is 0 Å². The summed E-state index contributed by atoms with van der Waals surface area (Å²) in [7, 11) is 1.44. The van der Waals surface area contributed by atoms with Crippen molar-refractivity contribution in [1.82, 2.24) is 15.0 Å². The molecule has 0 spiro atoms. The van der Waals surface area contributed by atoms with Crippen LogP contribution in [0.2, 0.25) is 0 Å². The molecule has 1 heterocycles. The Kier molecular flexibility index (Phi) is 3.57. The highest BCUT2D eigenvalue weighted by Gasteiger charge is 2.14. The maximum absolute atomic E-state index is 9.95. The molecule has 0 saturated heterocycles.